The quantitative estimate of drug-likeness (QED) is 0.690. The number of carbonyl (C=O) groups excluding carboxylic acids is 2. The van der Waals surface area contributed by atoms with Gasteiger partial charge in [0.2, 0.25) is 5.91 Å². The van der Waals surface area contributed by atoms with Crippen molar-refractivity contribution in [3.8, 4) is 0 Å². The summed E-state index contributed by atoms with van der Waals surface area (Å²) < 4.78 is 0. The lowest BCUT2D eigenvalue weighted by Crippen LogP contribution is -2.12. The fourth-order valence-corrected chi connectivity index (χ4v) is 1.51. The van der Waals surface area contributed by atoms with Gasteiger partial charge in [-0.1, -0.05) is 0 Å². The summed E-state index contributed by atoms with van der Waals surface area (Å²) in [6.45, 7) is 2.00. The van der Waals surface area contributed by atoms with Crippen molar-refractivity contribution in [2.45, 2.75) is 13.5 Å². The van der Waals surface area contributed by atoms with Crippen LogP contribution in [0.25, 0.3) is 0 Å². The predicted molar refractivity (Wildman–Crippen MR) is 51.9 cm³/mol. The summed E-state index contributed by atoms with van der Waals surface area (Å²) in [7, 11) is 0. The molecule has 0 atom stereocenters. The van der Waals surface area contributed by atoms with Crippen LogP contribution >= 0.6 is 0 Å². The van der Waals surface area contributed by atoms with Crippen LogP contribution in [0.3, 0.4) is 0 Å². The molecule has 1 aromatic rings. The van der Waals surface area contributed by atoms with Crippen molar-refractivity contribution >= 4 is 17.5 Å². The number of amides is 2. The van der Waals surface area contributed by atoms with Crippen LogP contribution in [0.1, 0.15) is 22.8 Å². The number of nitrogens with one attached hydrogen (secondary N) is 2. The summed E-state index contributed by atoms with van der Waals surface area (Å²) in [5.41, 5.74) is 2.35. The molecule has 0 spiro atoms. The molecule has 1 aliphatic rings. The molecule has 0 aliphatic carbocycles. The average molecular weight is 190 g/mol. The van der Waals surface area contributed by atoms with Gasteiger partial charge >= 0.3 is 0 Å². The van der Waals surface area contributed by atoms with E-state index in [2.05, 4.69) is 10.6 Å². The zero-order valence-corrected chi connectivity index (χ0v) is 7.76. The Balaban J connectivity index is 2.32. The molecule has 2 N–H and O–H groups in total. The van der Waals surface area contributed by atoms with Gasteiger partial charge in [-0.25, -0.2) is 0 Å². The van der Waals surface area contributed by atoms with Crippen LogP contribution in [0.5, 0.6) is 0 Å². The van der Waals surface area contributed by atoms with E-state index in [1.54, 1.807) is 12.1 Å². The number of fused-ring (bicyclic) bond motifs is 1. The molecule has 14 heavy (non-hydrogen) atoms. The van der Waals surface area contributed by atoms with Gasteiger partial charge in [0.15, 0.2) is 0 Å². The van der Waals surface area contributed by atoms with Crippen LogP contribution in [0.15, 0.2) is 18.2 Å². The number of benzene rings is 1. The first-order valence-corrected chi connectivity index (χ1v) is 4.35. The number of hydrogen-bond acceptors (Lipinski definition) is 2. The molecule has 0 aromatic heterocycles. The van der Waals surface area contributed by atoms with E-state index in [0.717, 1.165) is 11.3 Å². The van der Waals surface area contributed by atoms with E-state index in [0.29, 0.717) is 12.1 Å². The summed E-state index contributed by atoms with van der Waals surface area (Å²) >= 11 is 0. The highest BCUT2D eigenvalue weighted by molar-refractivity contribution is 5.99. The fraction of sp³-hybridized carbons (Fsp3) is 0.200. The van der Waals surface area contributed by atoms with E-state index >= 15 is 0 Å². The van der Waals surface area contributed by atoms with Gasteiger partial charge in [-0.15, -0.1) is 0 Å². The van der Waals surface area contributed by atoms with E-state index in [-0.39, 0.29) is 11.8 Å². The van der Waals surface area contributed by atoms with Crippen molar-refractivity contribution < 1.29 is 9.59 Å². The van der Waals surface area contributed by atoms with Crippen molar-refractivity contribution in [3.05, 3.63) is 29.3 Å². The van der Waals surface area contributed by atoms with Crippen LogP contribution in [0.2, 0.25) is 0 Å². The molecule has 0 radical (unpaired) electrons. The van der Waals surface area contributed by atoms with Gasteiger partial charge in [0.1, 0.15) is 0 Å². The molecule has 0 bridgehead atoms. The molecule has 1 aromatic carbocycles. The molecule has 1 aliphatic heterocycles. The lowest BCUT2D eigenvalue weighted by molar-refractivity contribution is -0.114. The molecule has 0 saturated heterocycles. The van der Waals surface area contributed by atoms with E-state index in [9.17, 15) is 9.59 Å². The van der Waals surface area contributed by atoms with E-state index < -0.39 is 0 Å². The Bertz CT molecular complexity index is 413. The molecular weight excluding hydrogens is 180 g/mol. The molecule has 2 amide bonds. The monoisotopic (exact) mass is 190 g/mol. The van der Waals surface area contributed by atoms with E-state index in [4.69, 9.17) is 0 Å². The summed E-state index contributed by atoms with van der Waals surface area (Å²) in [6.07, 6.45) is 0. The van der Waals surface area contributed by atoms with Gasteiger partial charge in [-0.2, -0.15) is 0 Å². The maximum Gasteiger partial charge on any atom is 0.251 e. The lowest BCUT2D eigenvalue weighted by Gasteiger charge is -2.03. The largest absolute Gasteiger partial charge is 0.348 e. The molecule has 0 saturated carbocycles. The van der Waals surface area contributed by atoms with Gasteiger partial charge < -0.3 is 10.6 Å². The van der Waals surface area contributed by atoms with Crippen LogP contribution < -0.4 is 10.6 Å². The third kappa shape index (κ3) is 1.46. The highest BCUT2D eigenvalue weighted by Crippen LogP contribution is 2.19. The van der Waals surface area contributed by atoms with E-state index in [1.807, 2.05) is 6.07 Å². The van der Waals surface area contributed by atoms with Crippen molar-refractivity contribution in [1.82, 2.24) is 5.32 Å². The predicted octanol–water partition coefficient (Wildman–Crippen LogP) is 0.888. The van der Waals surface area contributed by atoms with Crippen molar-refractivity contribution in [2.75, 3.05) is 5.32 Å². The summed E-state index contributed by atoms with van der Waals surface area (Å²) in [6, 6.07) is 5.27. The topological polar surface area (TPSA) is 58.2 Å². The molecule has 0 fully saturated rings. The van der Waals surface area contributed by atoms with Crippen LogP contribution in [-0.2, 0) is 11.3 Å². The van der Waals surface area contributed by atoms with Crippen LogP contribution in [0, 0.1) is 0 Å². The Labute approximate surface area is 81.3 Å². The maximum atomic E-state index is 11.2. The fourth-order valence-electron chi connectivity index (χ4n) is 1.51. The normalized spacial score (nSPS) is 13.4. The summed E-state index contributed by atoms with van der Waals surface area (Å²) in [4.78, 5) is 22.0. The van der Waals surface area contributed by atoms with Crippen LogP contribution in [-0.4, -0.2) is 11.8 Å². The van der Waals surface area contributed by atoms with Gasteiger partial charge in [-0.3, -0.25) is 9.59 Å². The lowest BCUT2D eigenvalue weighted by atomic mass is 10.1. The first kappa shape index (κ1) is 8.74. The highest BCUT2D eigenvalue weighted by Gasteiger charge is 2.18. The summed E-state index contributed by atoms with van der Waals surface area (Å²) in [5, 5.41) is 5.39. The smallest absolute Gasteiger partial charge is 0.251 e. The van der Waals surface area contributed by atoms with Crippen molar-refractivity contribution in [3.63, 3.8) is 0 Å². The molecule has 72 valence electrons. The number of anilines is 1. The first-order chi connectivity index (χ1) is 6.66. The Hall–Kier alpha value is -1.84. The van der Waals surface area contributed by atoms with Gasteiger partial charge in [0, 0.05) is 24.7 Å². The minimum Gasteiger partial charge on any atom is -0.348 e. The molecule has 4 heteroatoms. The highest BCUT2D eigenvalue weighted by atomic mass is 16.2. The van der Waals surface area contributed by atoms with Gasteiger partial charge in [0.25, 0.3) is 5.91 Å². The standard InChI is InChI=1S/C10H10N2O2/c1-6(13)12-8-2-3-9-7(4-8)5-11-10(9)14/h2-4H,5H2,1H3,(H,11,14)(H,12,13). The van der Waals surface area contributed by atoms with E-state index in [1.165, 1.54) is 6.92 Å². The Morgan fingerprint density at radius 3 is 3.00 bits per heavy atom. The second-order valence-corrected chi connectivity index (χ2v) is 3.24. The van der Waals surface area contributed by atoms with Gasteiger partial charge in [-0.05, 0) is 23.8 Å². The molecular formula is C10H10N2O2. The molecule has 0 unspecified atom stereocenters. The minimum atomic E-state index is -0.109. The number of rotatable bonds is 1. The zero-order chi connectivity index (χ0) is 10.1. The summed E-state index contributed by atoms with van der Waals surface area (Å²) in [5.74, 6) is -0.156. The maximum absolute atomic E-state index is 11.2. The van der Waals surface area contributed by atoms with Crippen LogP contribution in [0.4, 0.5) is 5.69 Å². The third-order valence-electron chi connectivity index (χ3n) is 2.11. The molecule has 1 heterocycles. The Morgan fingerprint density at radius 1 is 1.50 bits per heavy atom. The average Bonchev–Trinajstić information content (AvgIpc) is 2.46. The molecule has 2 rings (SSSR count). The molecule has 4 nitrogen and oxygen atoms in total. The zero-order valence-electron chi connectivity index (χ0n) is 7.76. The second-order valence-electron chi connectivity index (χ2n) is 3.24. The Morgan fingerprint density at radius 2 is 2.29 bits per heavy atom. The first-order valence-electron chi connectivity index (χ1n) is 4.35. The third-order valence-corrected chi connectivity index (χ3v) is 2.11. The second kappa shape index (κ2) is 3.14. The SMILES string of the molecule is CC(=O)Nc1ccc2c(c1)CNC2=O. The van der Waals surface area contributed by atoms with Gasteiger partial charge in [0.05, 0.1) is 0 Å². The number of hydrogen-bond donors (Lipinski definition) is 2. The number of carbonyl (C=O) groups is 2. The Kier molecular flexibility index (Phi) is 1.96. The van der Waals surface area contributed by atoms with Crippen molar-refractivity contribution in [1.29, 1.82) is 0 Å². The minimum absolute atomic E-state index is 0.0469. The van der Waals surface area contributed by atoms with Crippen molar-refractivity contribution in [2.24, 2.45) is 0 Å².